The third-order valence-corrected chi connectivity index (χ3v) is 3.53. The fourth-order valence-corrected chi connectivity index (χ4v) is 2.28. The van der Waals surface area contributed by atoms with Crippen LogP contribution in [0.15, 0.2) is 0 Å². The van der Waals surface area contributed by atoms with Gasteiger partial charge in [-0.15, -0.1) is 12.4 Å². The molecule has 0 radical (unpaired) electrons. The van der Waals surface area contributed by atoms with Gasteiger partial charge in [0.25, 0.3) is 0 Å². The van der Waals surface area contributed by atoms with E-state index in [2.05, 4.69) is 20.8 Å². The van der Waals surface area contributed by atoms with Crippen molar-refractivity contribution >= 4 is 18.3 Å². The van der Waals surface area contributed by atoms with Crippen molar-refractivity contribution in [3.63, 3.8) is 0 Å². The predicted octanol–water partition coefficient (Wildman–Crippen LogP) is 2.04. The van der Waals surface area contributed by atoms with Gasteiger partial charge in [-0.05, 0) is 25.2 Å². The highest BCUT2D eigenvalue weighted by Gasteiger charge is 2.37. The molecule has 1 saturated heterocycles. The molecule has 0 aromatic heterocycles. The fraction of sp³-hybridized carbons (Fsp3) is 0.917. The van der Waals surface area contributed by atoms with Crippen molar-refractivity contribution in [2.24, 2.45) is 17.6 Å². The molecule has 0 spiro atoms. The average Bonchev–Trinajstić information content (AvgIpc) is 2.45. The summed E-state index contributed by atoms with van der Waals surface area (Å²) in [5.41, 5.74) is 5.38. The number of carbonyl (C=O) groups is 1. The topological polar surface area (TPSA) is 46.3 Å². The highest BCUT2D eigenvalue weighted by Crippen LogP contribution is 2.25. The summed E-state index contributed by atoms with van der Waals surface area (Å²) in [6, 6.07) is 0. The first-order valence-electron chi connectivity index (χ1n) is 5.96. The van der Waals surface area contributed by atoms with Crippen LogP contribution in [0.5, 0.6) is 0 Å². The van der Waals surface area contributed by atoms with Crippen LogP contribution < -0.4 is 5.73 Å². The number of carbonyl (C=O) groups excluding carboxylic acids is 1. The summed E-state index contributed by atoms with van der Waals surface area (Å²) in [5, 5.41) is 0. The minimum atomic E-state index is -0.668. The monoisotopic (exact) mass is 248 g/mol. The number of nitrogens with zero attached hydrogens (tertiary/aromatic N) is 1. The Morgan fingerprint density at radius 1 is 1.38 bits per heavy atom. The summed E-state index contributed by atoms with van der Waals surface area (Å²) >= 11 is 0. The Kier molecular flexibility index (Phi) is 5.77. The lowest BCUT2D eigenvalue weighted by Crippen LogP contribution is -2.52. The number of amides is 1. The molecule has 1 amide bonds. The Morgan fingerprint density at radius 2 is 1.81 bits per heavy atom. The molecule has 1 aliphatic heterocycles. The molecule has 1 heterocycles. The number of nitrogens with two attached hydrogens (primary N) is 1. The Bertz CT molecular complexity index is 233. The molecule has 96 valence electrons. The molecule has 1 fully saturated rings. The molecule has 16 heavy (non-hydrogen) atoms. The zero-order valence-electron chi connectivity index (χ0n) is 10.8. The largest absolute Gasteiger partial charge is 0.341 e. The van der Waals surface area contributed by atoms with Gasteiger partial charge in [-0.25, -0.2) is 0 Å². The lowest BCUT2D eigenvalue weighted by Gasteiger charge is -2.28. The predicted molar refractivity (Wildman–Crippen MR) is 69.7 cm³/mol. The van der Waals surface area contributed by atoms with Crippen molar-refractivity contribution in [1.82, 2.24) is 4.90 Å². The molecule has 1 aliphatic rings. The van der Waals surface area contributed by atoms with Gasteiger partial charge in [0, 0.05) is 13.1 Å². The minimum Gasteiger partial charge on any atom is -0.341 e. The zero-order chi connectivity index (χ0) is 11.6. The van der Waals surface area contributed by atoms with Gasteiger partial charge in [-0.2, -0.15) is 0 Å². The van der Waals surface area contributed by atoms with Gasteiger partial charge in [-0.1, -0.05) is 27.2 Å². The van der Waals surface area contributed by atoms with E-state index in [1.165, 1.54) is 0 Å². The van der Waals surface area contributed by atoms with Crippen molar-refractivity contribution in [1.29, 1.82) is 0 Å². The van der Waals surface area contributed by atoms with Crippen LogP contribution in [0.2, 0.25) is 0 Å². The number of likely N-dealkylation sites (tertiary alicyclic amines) is 1. The van der Waals surface area contributed by atoms with Crippen molar-refractivity contribution < 1.29 is 4.79 Å². The number of hydrogen-bond acceptors (Lipinski definition) is 2. The van der Waals surface area contributed by atoms with E-state index in [1.54, 1.807) is 0 Å². The third-order valence-electron chi connectivity index (χ3n) is 3.53. The summed E-state index contributed by atoms with van der Waals surface area (Å²) in [5.74, 6) is 1.33. The summed E-state index contributed by atoms with van der Waals surface area (Å²) in [6.07, 6.45) is 1.72. The molecule has 3 unspecified atom stereocenters. The van der Waals surface area contributed by atoms with Crippen LogP contribution in [-0.4, -0.2) is 29.4 Å². The second kappa shape index (κ2) is 5.87. The van der Waals surface area contributed by atoms with Crippen LogP contribution in [-0.2, 0) is 4.79 Å². The smallest absolute Gasteiger partial charge is 0.242 e. The molecule has 1 rings (SSSR count). The lowest BCUT2D eigenvalue weighted by atomic mass is 9.96. The second-order valence-electron chi connectivity index (χ2n) is 5.33. The quantitative estimate of drug-likeness (QED) is 0.831. The van der Waals surface area contributed by atoms with E-state index in [9.17, 15) is 4.79 Å². The SMILES string of the molecule is CCCC(C)(N)C(=O)N1CC(C)C(C)C1.Cl. The second-order valence-corrected chi connectivity index (χ2v) is 5.33. The molecule has 0 saturated carbocycles. The number of hydrogen-bond donors (Lipinski definition) is 1. The summed E-state index contributed by atoms with van der Waals surface area (Å²) in [7, 11) is 0. The molecule has 0 aliphatic carbocycles. The Hall–Kier alpha value is -0.280. The maximum atomic E-state index is 12.1. The molecule has 2 N–H and O–H groups in total. The maximum absolute atomic E-state index is 12.1. The van der Waals surface area contributed by atoms with Gasteiger partial charge >= 0.3 is 0 Å². The Labute approximate surface area is 105 Å². The number of rotatable bonds is 3. The van der Waals surface area contributed by atoms with Gasteiger partial charge in [0.15, 0.2) is 0 Å². The van der Waals surface area contributed by atoms with Crippen LogP contribution in [0.4, 0.5) is 0 Å². The van der Waals surface area contributed by atoms with Crippen LogP contribution in [0.3, 0.4) is 0 Å². The first-order valence-corrected chi connectivity index (χ1v) is 5.96. The van der Waals surface area contributed by atoms with Crippen LogP contribution in [0, 0.1) is 11.8 Å². The molecule has 0 aromatic carbocycles. The molecule has 3 atom stereocenters. The molecule has 3 nitrogen and oxygen atoms in total. The van der Waals surface area contributed by atoms with E-state index < -0.39 is 5.54 Å². The Balaban J connectivity index is 0.00000225. The summed E-state index contributed by atoms with van der Waals surface area (Å²) in [6.45, 7) is 10.1. The van der Waals surface area contributed by atoms with Gasteiger partial charge in [0.05, 0.1) is 5.54 Å². The number of halogens is 1. The lowest BCUT2D eigenvalue weighted by molar-refractivity contribution is -0.135. The molecule has 0 bridgehead atoms. The van der Waals surface area contributed by atoms with E-state index in [0.29, 0.717) is 11.8 Å². The van der Waals surface area contributed by atoms with E-state index in [4.69, 9.17) is 5.73 Å². The van der Waals surface area contributed by atoms with Crippen molar-refractivity contribution in [2.75, 3.05) is 13.1 Å². The average molecular weight is 249 g/mol. The van der Waals surface area contributed by atoms with E-state index in [0.717, 1.165) is 25.9 Å². The summed E-state index contributed by atoms with van der Waals surface area (Å²) < 4.78 is 0. The van der Waals surface area contributed by atoms with Crippen molar-refractivity contribution in [3.05, 3.63) is 0 Å². The fourth-order valence-electron chi connectivity index (χ4n) is 2.28. The third kappa shape index (κ3) is 3.36. The highest BCUT2D eigenvalue weighted by molar-refractivity contribution is 5.86. The molecular weight excluding hydrogens is 224 g/mol. The van der Waals surface area contributed by atoms with Gasteiger partial charge in [-0.3, -0.25) is 4.79 Å². The van der Waals surface area contributed by atoms with Crippen molar-refractivity contribution in [2.45, 2.75) is 46.1 Å². The van der Waals surface area contributed by atoms with E-state index in [1.807, 2.05) is 11.8 Å². The maximum Gasteiger partial charge on any atom is 0.242 e. The first kappa shape index (κ1) is 15.7. The van der Waals surface area contributed by atoms with Crippen LogP contribution in [0.25, 0.3) is 0 Å². The van der Waals surface area contributed by atoms with Gasteiger partial charge < -0.3 is 10.6 Å². The van der Waals surface area contributed by atoms with Crippen LogP contribution in [0.1, 0.15) is 40.5 Å². The standard InChI is InChI=1S/C12H24N2O.ClH/c1-5-6-12(4,13)11(15)14-7-9(2)10(3)8-14;/h9-10H,5-8,13H2,1-4H3;1H. The van der Waals surface area contributed by atoms with Gasteiger partial charge in [0.1, 0.15) is 0 Å². The first-order chi connectivity index (χ1) is 6.88. The molecule has 4 heteroatoms. The van der Waals surface area contributed by atoms with Crippen molar-refractivity contribution in [3.8, 4) is 0 Å². The highest BCUT2D eigenvalue weighted by atomic mass is 35.5. The van der Waals surface area contributed by atoms with E-state index in [-0.39, 0.29) is 18.3 Å². The zero-order valence-corrected chi connectivity index (χ0v) is 11.6. The van der Waals surface area contributed by atoms with E-state index >= 15 is 0 Å². The van der Waals surface area contributed by atoms with Gasteiger partial charge in [0.2, 0.25) is 5.91 Å². The van der Waals surface area contributed by atoms with Crippen LogP contribution >= 0.6 is 12.4 Å². The Morgan fingerprint density at radius 3 is 2.19 bits per heavy atom. The minimum absolute atomic E-state index is 0. The summed E-state index contributed by atoms with van der Waals surface area (Å²) in [4.78, 5) is 14.1. The molecular formula is C12H25ClN2O. The molecule has 0 aromatic rings. The normalized spacial score (nSPS) is 28.4.